The lowest BCUT2D eigenvalue weighted by Crippen LogP contribution is -2.19. The number of Topliss-reactive ketones (excluding diaryl/α,β-unsaturated/α-hetero) is 1. The maximum Gasteiger partial charge on any atom is 0.185 e. The molecule has 0 aliphatic heterocycles. The van der Waals surface area contributed by atoms with Gasteiger partial charge in [0.1, 0.15) is 6.26 Å². The SMILES string of the molecule is CC(C)(C)C(=O)c1coc(C=O)c1. The van der Waals surface area contributed by atoms with E-state index in [2.05, 4.69) is 0 Å². The molecule has 1 rings (SSSR count). The number of ketones is 1. The highest BCUT2D eigenvalue weighted by Gasteiger charge is 2.24. The number of hydrogen-bond acceptors (Lipinski definition) is 3. The lowest BCUT2D eigenvalue weighted by Gasteiger charge is -2.14. The average Bonchev–Trinajstić information content (AvgIpc) is 2.48. The Hall–Kier alpha value is -1.38. The Kier molecular flexibility index (Phi) is 2.36. The number of carbonyl (C=O) groups is 2. The van der Waals surface area contributed by atoms with Gasteiger partial charge in [-0.15, -0.1) is 0 Å². The van der Waals surface area contributed by atoms with Gasteiger partial charge in [0, 0.05) is 5.41 Å². The van der Waals surface area contributed by atoms with Crippen molar-refractivity contribution >= 4 is 12.1 Å². The maximum atomic E-state index is 11.6. The van der Waals surface area contributed by atoms with Gasteiger partial charge >= 0.3 is 0 Å². The van der Waals surface area contributed by atoms with Crippen molar-refractivity contribution in [3.8, 4) is 0 Å². The number of rotatable bonds is 2. The molecule has 0 fully saturated rings. The molecule has 1 aromatic rings. The maximum absolute atomic E-state index is 11.6. The predicted molar refractivity (Wildman–Crippen MR) is 47.9 cm³/mol. The minimum atomic E-state index is -0.440. The Morgan fingerprint density at radius 1 is 1.46 bits per heavy atom. The van der Waals surface area contributed by atoms with E-state index in [-0.39, 0.29) is 11.5 Å². The van der Waals surface area contributed by atoms with Crippen LogP contribution in [0.3, 0.4) is 0 Å². The van der Waals surface area contributed by atoms with Gasteiger partial charge < -0.3 is 4.42 Å². The normalized spacial score (nSPS) is 11.3. The summed E-state index contributed by atoms with van der Waals surface area (Å²) in [6.45, 7) is 5.47. The Balaban J connectivity index is 2.96. The van der Waals surface area contributed by atoms with Gasteiger partial charge in [0.2, 0.25) is 0 Å². The molecule has 3 heteroatoms. The van der Waals surface area contributed by atoms with Crippen molar-refractivity contribution in [3.63, 3.8) is 0 Å². The molecule has 0 radical (unpaired) electrons. The van der Waals surface area contributed by atoms with Crippen LogP contribution >= 0.6 is 0 Å². The van der Waals surface area contributed by atoms with Crippen LogP contribution in [0.15, 0.2) is 16.7 Å². The predicted octanol–water partition coefficient (Wildman–Crippen LogP) is 2.32. The van der Waals surface area contributed by atoms with E-state index >= 15 is 0 Å². The second kappa shape index (κ2) is 3.17. The minimum Gasteiger partial charge on any atom is -0.461 e. The van der Waals surface area contributed by atoms with E-state index in [4.69, 9.17) is 4.42 Å². The third-order valence-electron chi connectivity index (χ3n) is 1.68. The second-order valence-corrected chi connectivity index (χ2v) is 3.93. The number of furan rings is 1. The van der Waals surface area contributed by atoms with Gasteiger partial charge in [-0.3, -0.25) is 9.59 Å². The average molecular weight is 180 g/mol. The van der Waals surface area contributed by atoms with Gasteiger partial charge in [-0.1, -0.05) is 20.8 Å². The highest BCUT2D eigenvalue weighted by molar-refractivity contribution is 6.00. The molecule has 0 saturated heterocycles. The number of hydrogen-bond donors (Lipinski definition) is 0. The summed E-state index contributed by atoms with van der Waals surface area (Å²) < 4.78 is 4.84. The molecule has 1 heterocycles. The molecule has 3 nitrogen and oxygen atoms in total. The monoisotopic (exact) mass is 180 g/mol. The number of aldehydes is 1. The van der Waals surface area contributed by atoms with E-state index < -0.39 is 5.41 Å². The van der Waals surface area contributed by atoms with Gasteiger partial charge in [-0.25, -0.2) is 0 Å². The van der Waals surface area contributed by atoms with Crippen LogP contribution in [0.1, 0.15) is 41.7 Å². The van der Waals surface area contributed by atoms with Crippen LogP contribution in [0.4, 0.5) is 0 Å². The van der Waals surface area contributed by atoms with Crippen LogP contribution < -0.4 is 0 Å². The lowest BCUT2D eigenvalue weighted by atomic mass is 9.87. The summed E-state index contributed by atoms with van der Waals surface area (Å²) in [5.41, 5.74) is 0.0129. The molecular weight excluding hydrogens is 168 g/mol. The van der Waals surface area contributed by atoms with E-state index in [0.29, 0.717) is 11.8 Å². The summed E-state index contributed by atoms with van der Waals surface area (Å²) in [5, 5.41) is 0. The zero-order valence-corrected chi connectivity index (χ0v) is 7.96. The van der Waals surface area contributed by atoms with E-state index in [1.54, 1.807) is 0 Å². The van der Waals surface area contributed by atoms with Gasteiger partial charge in [-0.2, -0.15) is 0 Å². The van der Waals surface area contributed by atoms with E-state index in [1.807, 2.05) is 20.8 Å². The third kappa shape index (κ3) is 2.05. The molecule has 0 amide bonds. The quantitative estimate of drug-likeness (QED) is 0.518. The molecule has 0 unspecified atom stereocenters. The van der Waals surface area contributed by atoms with E-state index in [9.17, 15) is 9.59 Å². The largest absolute Gasteiger partial charge is 0.461 e. The lowest BCUT2D eigenvalue weighted by molar-refractivity contribution is 0.0857. The van der Waals surface area contributed by atoms with E-state index in [1.165, 1.54) is 12.3 Å². The van der Waals surface area contributed by atoms with Crippen LogP contribution in [-0.4, -0.2) is 12.1 Å². The Bertz CT molecular complexity index is 328. The zero-order chi connectivity index (χ0) is 10.1. The highest BCUT2D eigenvalue weighted by atomic mass is 16.3. The topological polar surface area (TPSA) is 47.3 Å². The molecule has 0 aliphatic carbocycles. The molecule has 0 bridgehead atoms. The molecule has 1 aromatic heterocycles. The summed E-state index contributed by atoms with van der Waals surface area (Å²) >= 11 is 0. The van der Waals surface area contributed by atoms with Gasteiger partial charge in [0.15, 0.2) is 17.8 Å². The summed E-state index contributed by atoms with van der Waals surface area (Å²) in [7, 11) is 0. The van der Waals surface area contributed by atoms with Crippen LogP contribution in [0, 0.1) is 5.41 Å². The van der Waals surface area contributed by atoms with Crippen LogP contribution in [-0.2, 0) is 0 Å². The van der Waals surface area contributed by atoms with Crippen molar-refractivity contribution in [1.82, 2.24) is 0 Å². The van der Waals surface area contributed by atoms with Crippen molar-refractivity contribution in [3.05, 3.63) is 23.7 Å². The summed E-state index contributed by atoms with van der Waals surface area (Å²) in [6, 6.07) is 1.46. The second-order valence-electron chi connectivity index (χ2n) is 3.93. The van der Waals surface area contributed by atoms with Gasteiger partial charge in [0.25, 0.3) is 0 Å². The number of carbonyl (C=O) groups excluding carboxylic acids is 2. The smallest absolute Gasteiger partial charge is 0.185 e. The summed E-state index contributed by atoms with van der Waals surface area (Å²) in [6.07, 6.45) is 1.90. The summed E-state index contributed by atoms with van der Waals surface area (Å²) in [5.74, 6) is 0.164. The summed E-state index contributed by atoms with van der Waals surface area (Å²) in [4.78, 5) is 21.9. The molecule has 0 saturated carbocycles. The molecule has 0 atom stereocenters. The molecule has 0 aromatic carbocycles. The fourth-order valence-electron chi connectivity index (χ4n) is 0.967. The molecule has 0 spiro atoms. The van der Waals surface area contributed by atoms with Crippen LogP contribution in [0.5, 0.6) is 0 Å². The first-order chi connectivity index (χ1) is 5.95. The molecule has 13 heavy (non-hydrogen) atoms. The van der Waals surface area contributed by atoms with Crippen molar-refractivity contribution in [2.45, 2.75) is 20.8 Å². The molecule has 0 N–H and O–H groups in total. The minimum absolute atomic E-state index is 0.0237. The van der Waals surface area contributed by atoms with Gasteiger partial charge in [-0.05, 0) is 6.07 Å². The molecule has 0 aliphatic rings. The Morgan fingerprint density at radius 3 is 2.46 bits per heavy atom. The van der Waals surface area contributed by atoms with Crippen molar-refractivity contribution < 1.29 is 14.0 Å². The Labute approximate surface area is 76.7 Å². The highest BCUT2D eigenvalue weighted by Crippen LogP contribution is 2.21. The molecule has 70 valence electrons. The fraction of sp³-hybridized carbons (Fsp3) is 0.400. The van der Waals surface area contributed by atoms with Crippen LogP contribution in [0.2, 0.25) is 0 Å². The fourth-order valence-corrected chi connectivity index (χ4v) is 0.967. The van der Waals surface area contributed by atoms with E-state index in [0.717, 1.165) is 0 Å². The van der Waals surface area contributed by atoms with Crippen molar-refractivity contribution in [2.75, 3.05) is 0 Å². The first-order valence-corrected chi connectivity index (χ1v) is 4.03. The standard InChI is InChI=1S/C10H12O3/c1-10(2,3)9(12)7-4-8(5-11)13-6-7/h4-6H,1-3H3. The molecular formula is C10H12O3. The third-order valence-corrected chi connectivity index (χ3v) is 1.68. The van der Waals surface area contributed by atoms with Crippen LogP contribution in [0.25, 0.3) is 0 Å². The Morgan fingerprint density at radius 2 is 2.08 bits per heavy atom. The first-order valence-electron chi connectivity index (χ1n) is 4.03. The van der Waals surface area contributed by atoms with Crippen molar-refractivity contribution in [1.29, 1.82) is 0 Å². The first kappa shape index (κ1) is 9.71. The van der Waals surface area contributed by atoms with Gasteiger partial charge in [0.05, 0.1) is 5.56 Å². The van der Waals surface area contributed by atoms with Crippen molar-refractivity contribution in [2.24, 2.45) is 5.41 Å². The zero-order valence-electron chi connectivity index (χ0n) is 7.96.